The summed E-state index contributed by atoms with van der Waals surface area (Å²) in [6, 6.07) is 9.65. The Hall–Kier alpha value is -0.470. The molecule has 0 spiro atoms. The SMILES string of the molecule is Cc1cccc(CSCCNC2CC2)c1. The van der Waals surface area contributed by atoms with Gasteiger partial charge < -0.3 is 5.32 Å². The predicted molar refractivity (Wildman–Crippen MR) is 68.4 cm³/mol. The minimum Gasteiger partial charge on any atom is -0.313 e. The number of hydrogen-bond donors (Lipinski definition) is 1. The molecule has 2 rings (SSSR count). The molecule has 0 atom stereocenters. The molecule has 0 amide bonds. The maximum atomic E-state index is 3.53. The quantitative estimate of drug-likeness (QED) is 0.741. The van der Waals surface area contributed by atoms with Crippen LogP contribution < -0.4 is 5.32 Å². The summed E-state index contributed by atoms with van der Waals surface area (Å²) in [4.78, 5) is 0. The summed E-state index contributed by atoms with van der Waals surface area (Å²) in [5.41, 5.74) is 2.82. The van der Waals surface area contributed by atoms with E-state index in [4.69, 9.17) is 0 Å². The summed E-state index contributed by atoms with van der Waals surface area (Å²) >= 11 is 2.02. The standard InChI is InChI=1S/C13H19NS/c1-11-3-2-4-12(9-11)10-15-8-7-14-13-5-6-13/h2-4,9,13-14H,5-8,10H2,1H3. The first-order valence-corrected chi connectivity index (χ1v) is 6.87. The second kappa shape index (κ2) is 5.57. The van der Waals surface area contributed by atoms with Gasteiger partial charge in [0.1, 0.15) is 0 Å². The smallest absolute Gasteiger partial charge is 0.0185 e. The molecule has 0 bridgehead atoms. The topological polar surface area (TPSA) is 12.0 Å². The highest BCUT2D eigenvalue weighted by Crippen LogP contribution is 2.19. The molecule has 1 aliphatic carbocycles. The van der Waals surface area contributed by atoms with Gasteiger partial charge in [0.05, 0.1) is 0 Å². The molecule has 82 valence electrons. The molecule has 15 heavy (non-hydrogen) atoms. The van der Waals surface area contributed by atoms with E-state index in [1.807, 2.05) is 11.8 Å². The minimum absolute atomic E-state index is 0.851. The average molecular weight is 221 g/mol. The van der Waals surface area contributed by atoms with Crippen LogP contribution in [0.4, 0.5) is 0 Å². The van der Waals surface area contributed by atoms with Gasteiger partial charge in [0, 0.05) is 24.1 Å². The van der Waals surface area contributed by atoms with Crippen LogP contribution in [0.5, 0.6) is 0 Å². The molecular weight excluding hydrogens is 202 g/mol. The molecule has 1 saturated carbocycles. The molecule has 1 aliphatic rings. The summed E-state index contributed by atoms with van der Waals surface area (Å²) in [6.07, 6.45) is 2.78. The van der Waals surface area contributed by atoms with Gasteiger partial charge in [-0.25, -0.2) is 0 Å². The Kier molecular flexibility index (Phi) is 4.09. The highest BCUT2D eigenvalue weighted by molar-refractivity contribution is 7.98. The van der Waals surface area contributed by atoms with Crippen molar-refractivity contribution in [2.45, 2.75) is 31.6 Å². The van der Waals surface area contributed by atoms with Crippen molar-refractivity contribution in [3.63, 3.8) is 0 Å². The molecule has 0 aromatic heterocycles. The Labute approximate surface area is 96.7 Å². The lowest BCUT2D eigenvalue weighted by molar-refractivity contribution is 0.726. The molecule has 1 N–H and O–H groups in total. The highest BCUT2D eigenvalue weighted by atomic mass is 32.2. The van der Waals surface area contributed by atoms with E-state index in [1.165, 1.54) is 36.3 Å². The van der Waals surface area contributed by atoms with E-state index < -0.39 is 0 Å². The van der Waals surface area contributed by atoms with Crippen LogP contribution in [0.3, 0.4) is 0 Å². The van der Waals surface area contributed by atoms with Crippen LogP contribution in [-0.2, 0) is 5.75 Å². The van der Waals surface area contributed by atoms with Gasteiger partial charge in [-0.2, -0.15) is 11.8 Å². The van der Waals surface area contributed by atoms with E-state index in [1.54, 1.807) is 0 Å². The summed E-state index contributed by atoms with van der Waals surface area (Å²) in [7, 11) is 0. The third-order valence-electron chi connectivity index (χ3n) is 2.61. The van der Waals surface area contributed by atoms with Crippen LogP contribution in [-0.4, -0.2) is 18.3 Å². The highest BCUT2D eigenvalue weighted by Gasteiger charge is 2.19. The Morgan fingerprint density at radius 3 is 3.00 bits per heavy atom. The number of thioether (sulfide) groups is 1. The Morgan fingerprint density at radius 2 is 2.27 bits per heavy atom. The average Bonchev–Trinajstić information content (AvgIpc) is 3.01. The molecule has 1 fully saturated rings. The third kappa shape index (κ3) is 4.27. The van der Waals surface area contributed by atoms with Gasteiger partial charge in [0.25, 0.3) is 0 Å². The van der Waals surface area contributed by atoms with E-state index in [0.29, 0.717) is 0 Å². The third-order valence-corrected chi connectivity index (χ3v) is 3.64. The minimum atomic E-state index is 0.851. The van der Waals surface area contributed by atoms with Crippen molar-refractivity contribution in [3.8, 4) is 0 Å². The van der Waals surface area contributed by atoms with Crippen LogP contribution >= 0.6 is 11.8 Å². The summed E-state index contributed by atoms with van der Waals surface area (Å²) in [5, 5.41) is 3.53. The lowest BCUT2D eigenvalue weighted by Gasteiger charge is -2.04. The number of aryl methyl sites for hydroxylation is 1. The van der Waals surface area contributed by atoms with Crippen LogP contribution in [0, 0.1) is 6.92 Å². The fourth-order valence-electron chi connectivity index (χ4n) is 1.61. The fraction of sp³-hybridized carbons (Fsp3) is 0.538. The zero-order valence-corrected chi connectivity index (χ0v) is 10.1. The predicted octanol–water partition coefficient (Wildman–Crippen LogP) is 2.98. The van der Waals surface area contributed by atoms with E-state index in [0.717, 1.165) is 11.8 Å². The second-order valence-electron chi connectivity index (χ2n) is 4.27. The molecule has 1 aromatic rings. The molecule has 0 heterocycles. The molecule has 0 saturated heterocycles. The van der Waals surface area contributed by atoms with Crippen molar-refractivity contribution < 1.29 is 0 Å². The molecule has 0 radical (unpaired) electrons. The van der Waals surface area contributed by atoms with Crippen LogP contribution in [0.25, 0.3) is 0 Å². The normalized spacial score (nSPS) is 15.5. The first kappa shape index (κ1) is 11.0. The maximum Gasteiger partial charge on any atom is 0.0185 e. The Bertz CT molecular complexity index is 307. The van der Waals surface area contributed by atoms with E-state index in [2.05, 4.69) is 36.5 Å². The monoisotopic (exact) mass is 221 g/mol. The molecule has 1 nitrogen and oxygen atoms in total. The molecule has 0 aliphatic heterocycles. The second-order valence-corrected chi connectivity index (χ2v) is 5.38. The number of nitrogens with one attached hydrogen (secondary N) is 1. The van der Waals surface area contributed by atoms with Gasteiger partial charge in [-0.05, 0) is 25.3 Å². The van der Waals surface area contributed by atoms with Crippen molar-refractivity contribution in [1.82, 2.24) is 5.32 Å². The molecule has 1 aromatic carbocycles. The Morgan fingerprint density at radius 1 is 1.40 bits per heavy atom. The van der Waals surface area contributed by atoms with E-state index >= 15 is 0 Å². The first-order valence-electron chi connectivity index (χ1n) is 5.71. The first-order chi connectivity index (χ1) is 7.34. The lowest BCUT2D eigenvalue weighted by atomic mass is 10.2. The van der Waals surface area contributed by atoms with Gasteiger partial charge in [0.15, 0.2) is 0 Å². The van der Waals surface area contributed by atoms with E-state index in [9.17, 15) is 0 Å². The number of rotatable bonds is 6. The maximum absolute atomic E-state index is 3.53. The van der Waals surface area contributed by atoms with Gasteiger partial charge in [-0.1, -0.05) is 29.8 Å². The summed E-state index contributed by atoms with van der Waals surface area (Å²) in [6.45, 7) is 3.32. The largest absolute Gasteiger partial charge is 0.313 e. The van der Waals surface area contributed by atoms with Gasteiger partial charge in [0.2, 0.25) is 0 Å². The van der Waals surface area contributed by atoms with Crippen molar-refractivity contribution in [3.05, 3.63) is 35.4 Å². The van der Waals surface area contributed by atoms with Gasteiger partial charge in [-0.15, -0.1) is 0 Å². The van der Waals surface area contributed by atoms with E-state index in [-0.39, 0.29) is 0 Å². The van der Waals surface area contributed by atoms with Gasteiger partial charge >= 0.3 is 0 Å². The molecule has 0 unspecified atom stereocenters. The number of benzene rings is 1. The number of hydrogen-bond acceptors (Lipinski definition) is 2. The fourth-order valence-corrected chi connectivity index (χ4v) is 2.44. The van der Waals surface area contributed by atoms with Crippen LogP contribution in [0.15, 0.2) is 24.3 Å². The Balaban J connectivity index is 1.60. The summed E-state index contributed by atoms with van der Waals surface area (Å²) < 4.78 is 0. The van der Waals surface area contributed by atoms with Crippen molar-refractivity contribution in [2.24, 2.45) is 0 Å². The van der Waals surface area contributed by atoms with Crippen molar-refractivity contribution >= 4 is 11.8 Å². The van der Waals surface area contributed by atoms with Crippen molar-refractivity contribution in [1.29, 1.82) is 0 Å². The lowest BCUT2D eigenvalue weighted by Crippen LogP contribution is -2.19. The summed E-state index contributed by atoms with van der Waals surface area (Å²) in [5.74, 6) is 2.37. The zero-order chi connectivity index (χ0) is 10.5. The molecular formula is C13H19NS. The molecule has 2 heteroatoms. The van der Waals surface area contributed by atoms with Crippen LogP contribution in [0.2, 0.25) is 0 Å². The van der Waals surface area contributed by atoms with Crippen molar-refractivity contribution in [2.75, 3.05) is 12.3 Å². The van der Waals surface area contributed by atoms with Crippen LogP contribution in [0.1, 0.15) is 24.0 Å². The van der Waals surface area contributed by atoms with Gasteiger partial charge in [-0.3, -0.25) is 0 Å². The zero-order valence-electron chi connectivity index (χ0n) is 9.33.